The third kappa shape index (κ3) is 12.9. The largest absolute Gasteiger partial charge is 0.394 e. The molecular weight excluding hydrogens is 1080 g/mol. The number of rotatable bonds is 19. The van der Waals surface area contributed by atoms with Crippen molar-refractivity contribution >= 4 is 0 Å². The fourth-order valence-electron chi connectivity index (χ4n) is 9.90. The summed E-state index contributed by atoms with van der Waals surface area (Å²) < 4.78 is 73.9. The lowest BCUT2D eigenvalue weighted by Crippen LogP contribution is -2.69. The molecule has 7 aliphatic rings. The van der Waals surface area contributed by atoms with Crippen LogP contribution in [0.15, 0.2) is 0 Å². The first-order valence-corrected chi connectivity index (χ1v) is 24.7. The summed E-state index contributed by atoms with van der Waals surface area (Å²) in [5.74, 6) is 0. The minimum absolute atomic E-state index is 0.888. The molecule has 23 N–H and O–H groups in total. The van der Waals surface area contributed by atoms with Gasteiger partial charge in [0, 0.05) is 0 Å². The molecule has 78 heavy (non-hydrogen) atoms. The number of hydrogen-bond donors (Lipinski definition) is 23. The zero-order valence-electron chi connectivity index (χ0n) is 40.8. The second-order valence-corrected chi connectivity index (χ2v) is 19.6. The second-order valence-electron chi connectivity index (χ2n) is 19.6. The molecule has 0 aliphatic carbocycles. The molecule has 7 rings (SSSR count). The smallest absolute Gasteiger partial charge is 0.187 e. The summed E-state index contributed by atoms with van der Waals surface area (Å²) in [5.41, 5.74) is 0. The Labute approximate surface area is 439 Å². The minimum Gasteiger partial charge on any atom is -0.394 e. The second kappa shape index (κ2) is 27.5. The van der Waals surface area contributed by atoms with Gasteiger partial charge in [-0.25, -0.2) is 0 Å². The number of aliphatic hydroxyl groups is 23. The van der Waals surface area contributed by atoms with Crippen molar-refractivity contribution in [1.82, 2.24) is 0 Å². The molecule has 7 saturated heterocycles. The monoisotopic (exact) mass is 1150 g/mol. The first kappa shape index (κ1) is 64.1. The summed E-state index contributed by atoms with van der Waals surface area (Å²) in [5, 5.41) is 246. The van der Waals surface area contributed by atoms with Crippen molar-refractivity contribution in [3.63, 3.8) is 0 Å². The van der Waals surface area contributed by atoms with Gasteiger partial charge in [0.1, 0.15) is 171 Å². The Kier molecular flexibility index (Phi) is 22.6. The van der Waals surface area contributed by atoms with Gasteiger partial charge >= 0.3 is 0 Å². The van der Waals surface area contributed by atoms with Crippen molar-refractivity contribution in [2.45, 2.75) is 215 Å². The quantitative estimate of drug-likeness (QED) is 0.0571. The van der Waals surface area contributed by atoms with Crippen LogP contribution >= 0.6 is 0 Å². The zero-order chi connectivity index (χ0) is 57.3. The molecule has 7 aliphatic heterocycles. The molecule has 0 aromatic heterocycles. The third-order valence-corrected chi connectivity index (χ3v) is 14.6. The van der Waals surface area contributed by atoms with Crippen LogP contribution in [-0.2, 0) is 61.6 Å². The molecule has 0 saturated carbocycles. The average molecular weight is 1150 g/mol. The molecular formula is C42H72O36. The first-order valence-electron chi connectivity index (χ1n) is 24.7. The van der Waals surface area contributed by atoms with Gasteiger partial charge in [-0.2, -0.15) is 0 Å². The summed E-state index contributed by atoms with van der Waals surface area (Å²) >= 11 is 0. The van der Waals surface area contributed by atoms with Crippen molar-refractivity contribution in [3.8, 4) is 0 Å². The molecule has 0 aromatic carbocycles. The van der Waals surface area contributed by atoms with E-state index in [0.29, 0.717) is 0 Å². The molecule has 35 atom stereocenters. The molecule has 36 heteroatoms. The highest BCUT2D eigenvalue weighted by Gasteiger charge is 2.59. The van der Waals surface area contributed by atoms with Crippen LogP contribution in [0.5, 0.6) is 0 Å². The van der Waals surface area contributed by atoms with E-state index in [9.17, 15) is 117 Å². The Morgan fingerprint density at radius 2 is 0.410 bits per heavy atom. The maximum Gasteiger partial charge on any atom is 0.187 e. The molecule has 0 aromatic rings. The van der Waals surface area contributed by atoms with Crippen molar-refractivity contribution in [1.29, 1.82) is 0 Å². The normalized spacial score (nSPS) is 53.5. The Balaban J connectivity index is 1.18. The number of aliphatic hydroxyl groups excluding tert-OH is 23. The predicted octanol–water partition coefficient (Wildman–Crippen LogP) is -16.3. The van der Waals surface area contributed by atoms with E-state index in [2.05, 4.69) is 0 Å². The summed E-state index contributed by atoms with van der Waals surface area (Å²) in [7, 11) is 0. The Morgan fingerprint density at radius 1 is 0.192 bits per heavy atom. The van der Waals surface area contributed by atoms with Crippen molar-refractivity contribution in [3.05, 3.63) is 0 Å². The van der Waals surface area contributed by atoms with Gasteiger partial charge in [-0.3, -0.25) is 0 Å². The fraction of sp³-hybridized carbons (Fsp3) is 1.00. The van der Waals surface area contributed by atoms with E-state index in [0.717, 1.165) is 0 Å². The molecule has 7 heterocycles. The van der Waals surface area contributed by atoms with Gasteiger partial charge in [0.15, 0.2) is 44.0 Å². The molecule has 0 bridgehead atoms. The maximum absolute atomic E-state index is 11.6. The Bertz CT molecular complexity index is 1820. The molecule has 456 valence electrons. The average Bonchev–Trinajstić information content (AvgIpc) is 3.43. The van der Waals surface area contributed by atoms with Gasteiger partial charge in [0.25, 0.3) is 0 Å². The molecule has 36 nitrogen and oxygen atoms in total. The lowest BCUT2D eigenvalue weighted by atomic mass is 9.95. The van der Waals surface area contributed by atoms with E-state index in [1.54, 1.807) is 0 Å². The van der Waals surface area contributed by atoms with Gasteiger partial charge in [-0.15, -0.1) is 0 Å². The van der Waals surface area contributed by atoms with E-state index >= 15 is 0 Å². The lowest BCUT2D eigenvalue weighted by molar-refractivity contribution is -0.418. The summed E-state index contributed by atoms with van der Waals surface area (Å²) in [4.78, 5) is 0. The molecule has 0 spiro atoms. The summed E-state index contributed by atoms with van der Waals surface area (Å²) in [6.45, 7) is -7.14. The van der Waals surface area contributed by atoms with E-state index < -0.39 is 261 Å². The van der Waals surface area contributed by atoms with Gasteiger partial charge < -0.3 is 179 Å². The zero-order valence-corrected chi connectivity index (χ0v) is 40.8. The van der Waals surface area contributed by atoms with Crippen LogP contribution in [0.4, 0.5) is 0 Å². The van der Waals surface area contributed by atoms with E-state index in [4.69, 9.17) is 61.6 Å². The predicted molar refractivity (Wildman–Crippen MR) is 232 cm³/mol. The van der Waals surface area contributed by atoms with Crippen molar-refractivity contribution in [2.24, 2.45) is 0 Å². The third-order valence-electron chi connectivity index (χ3n) is 14.6. The van der Waals surface area contributed by atoms with E-state index in [1.807, 2.05) is 0 Å². The minimum atomic E-state index is -2.33. The topological polar surface area (TPSA) is 585 Å². The summed E-state index contributed by atoms with van der Waals surface area (Å²) in [6, 6.07) is 0. The van der Waals surface area contributed by atoms with Gasteiger partial charge in [-0.1, -0.05) is 0 Å². The van der Waals surface area contributed by atoms with E-state index in [1.165, 1.54) is 0 Å². The number of ether oxygens (including phenoxy) is 13. The molecule has 0 radical (unpaired) electrons. The van der Waals surface area contributed by atoms with Crippen LogP contribution < -0.4 is 0 Å². The van der Waals surface area contributed by atoms with Gasteiger partial charge in [-0.05, 0) is 0 Å². The highest BCUT2D eigenvalue weighted by molar-refractivity contribution is 5.01. The fourth-order valence-corrected chi connectivity index (χ4v) is 9.90. The number of hydrogen-bond acceptors (Lipinski definition) is 36. The van der Waals surface area contributed by atoms with Gasteiger partial charge in [0.05, 0.1) is 46.2 Å². The van der Waals surface area contributed by atoms with Crippen LogP contribution in [0.1, 0.15) is 0 Å². The van der Waals surface area contributed by atoms with Crippen molar-refractivity contribution < 1.29 is 179 Å². The van der Waals surface area contributed by atoms with Crippen molar-refractivity contribution in [2.75, 3.05) is 46.2 Å². The van der Waals surface area contributed by atoms with Crippen LogP contribution in [0.25, 0.3) is 0 Å². The molecule has 0 amide bonds. The van der Waals surface area contributed by atoms with Crippen LogP contribution in [0.2, 0.25) is 0 Å². The van der Waals surface area contributed by atoms with Gasteiger partial charge in [0.2, 0.25) is 0 Å². The maximum atomic E-state index is 11.6. The first-order chi connectivity index (χ1) is 37.0. The summed E-state index contributed by atoms with van der Waals surface area (Å²) in [6.07, 6.45) is -72.1. The highest BCUT2D eigenvalue weighted by atomic mass is 16.8. The van der Waals surface area contributed by atoms with Crippen LogP contribution in [0, 0.1) is 0 Å². The van der Waals surface area contributed by atoms with Crippen LogP contribution in [-0.4, -0.2) is 379 Å². The molecule has 7 fully saturated rings. The van der Waals surface area contributed by atoms with E-state index in [-0.39, 0.29) is 0 Å². The standard InChI is InChI=1S/C42H72O36/c43-1-8-16(51)23(58)31(36(65)66-8)74-39-33(25(60)18(53)10(3-45)69-39)76-41-35(27(62)20(55)12(5-47)71-41)78-42-34(26(61)19(54)13(6-48)72-42)77-40-32(24(59)17(52)11(4-46)70-40)75-38-29(64)30(21(56)14(7-49)68-38)73-37-28(63)22(57)15(50)9(2-44)67-37/h8-65H,1-7H2/t8-,9-,10-,11-,12-,13-,14-,15-,16-,17-,18-,19-,20-,21-,22+,23+,24+,25+,26+,27+,28+,29+,30+,31+,32+,33+,34+,35+,36?,37-,38-,39-,40-,41-,42-/m1/s1. The Hall–Kier alpha value is -1.44. The molecule has 1 unspecified atom stereocenters. The Morgan fingerprint density at radius 3 is 0.731 bits per heavy atom. The lowest BCUT2D eigenvalue weighted by Gasteiger charge is -2.51. The SMILES string of the molecule is OC[C@H]1O[C@H](O[C@@H]2[C@H](O)[C@@H](O[C@@H]3[C@@H](O[C@@H]4[C@@H](O[C@@H]5[C@@H](O[C@@H]6[C@@H](O[C@@H]7C(O)O[C@H](CO)[C@@H](O)[C@@H]7O)O[C@H](CO)[C@@H](O)[C@@H]6O)O[C@H](CO)[C@@H](O)[C@@H]5O)O[C@H](CO)[C@@H](O)[C@@H]4O)O[C@H](CO)[C@@H](O)[C@@H]3O)O[C@H](CO)[C@H]2O)[C@@H](O)[C@@H](O)[C@@H]1O. The van der Waals surface area contributed by atoms with Crippen LogP contribution in [0.3, 0.4) is 0 Å². The highest BCUT2D eigenvalue weighted by Crippen LogP contribution is 2.38.